The van der Waals surface area contributed by atoms with E-state index in [9.17, 15) is 19.7 Å². The van der Waals surface area contributed by atoms with Gasteiger partial charge < -0.3 is 15.8 Å². The van der Waals surface area contributed by atoms with Crippen LogP contribution in [0.3, 0.4) is 0 Å². The van der Waals surface area contributed by atoms with Gasteiger partial charge in [-0.05, 0) is 12.1 Å². The van der Waals surface area contributed by atoms with Gasteiger partial charge in [-0.1, -0.05) is 11.6 Å². The lowest BCUT2D eigenvalue weighted by atomic mass is 10.2. The highest BCUT2D eigenvalue weighted by Crippen LogP contribution is 2.27. The number of anilines is 2. The Hall–Kier alpha value is -3.27. The summed E-state index contributed by atoms with van der Waals surface area (Å²) in [6, 6.07) is 3.72. The van der Waals surface area contributed by atoms with Gasteiger partial charge in [0.2, 0.25) is 0 Å². The number of aromatic nitrogens is 2. The zero-order chi connectivity index (χ0) is 17.7. The standard InChI is InChI=1S/C13H10ClN5O5/c14-7-1-2-8(9(5-7)19(22)23)18-10(20)6-24-13(21)11-12(15)17-4-3-16-11/h1-5H,6H2,(H2,15,17)(H,18,20). The lowest BCUT2D eigenvalue weighted by Crippen LogP contribution is -2.22. The number of rotatable bonds is 5. The van der Waals surface area contributed by atoms with E-state index in [1.807, 2.05) is 0 Å². The molecule has 1 amide bonds. The molecule has 24 heavy (non-hydrogen) atoms. The largest absolute Gasteiger partial charge is 0.451 e. The fourth-order valence-electron chi connectivity index (χ4n) is 1.65. The maximum Gasteiger partial charge on any atom is 0.361 e. The van der Waals surface area contributed by atoms with E-state index >= 15 is 0 Å². The van der Waals surface area contributed by atoms with E-state index in [4.69, 9.17) is 22.1 Å². The Balaban J connectivity index is 2.01. The minimum atomic E-state index is -0.943. The molecule has 0 aliphatic carbocycles. The first-order valence-electron chi connectivity index (χ1n) is 6.36. The van der Waals surface area contributed by atoms with Crippen LogP contribution in [0.2, 0.25) is 5.02 Å². The van der Waals surface area contributed by atoms with Gasteiger partial charge in [0.25, 0.3) is 11.6 Å². The molecule has 0 saturated heterocycles. The average molecular weight is 352 g/mol. The molecule has 3 N–H and O–H groups in total. The first-order valence-corrected chi connectivity index (χ1v) is 6.73. The van der Waals surface area contributed by atoms with Crippen LogP contribution in [0, 0.1) is 10.1 Å². The Bertz CT molecular complexity index is 813. The minimum absolute atomic E-state index is 0.0792. The summed E-state index contributed by atoms with van der Waals surface area (Å²) in [5.74, 6) is -1.87. The van der Waals surface area contributed by atoms with Gasteiger partial charge in [-0.15, -0.1) is 0 Å². The number of esters is 1. The van der Waals surface area contributed by atoms with Gasteiger partial charge >= 0.3 is 5.97 Å². The fraction of sp³-hybridized carbons (Fsp3) is 0.0769. The molecule has 0 unspecified atom stereocenters. The average Bonchev–Trinajstić information content (AvgIpc) is 2.54. The Morgan fingerprint density at radius 3 is 2.71 bits per heavy atom. The number of nitro groups is 1. The second kappa shape index (κ2) is 7.33. The Kier molecular flexibility index (Phi) is 5.22. The summed E-state index contributed by atoms with van der Waals surface area (Å²) in [5, 5.41) is 13.3. The van der Waals surface area contributed by atoms with Gasteiger partial charge in [-0.25, -0.2) is 14.8 Å². The third kappa shape index (κ3) is 4.14. The SMILES string of the molecule is Nc1nccnc1C(=O)OCC(=O)Nc1ccc(Cl)cc1[N+](=O)[O-]. The number of nitrogens with two attached hydrogens (primary N) is 1. The van der Waals surface area contributed by atoms with Crippen molar-refractivity contribution in [1.29, 1.82) is 0 Å². The van der Waals surface area contributed by atoms with Gasteiger partial charge in [0.1, 0.15) is 5.69 Å². The van der Waals surface area contributed by atoms with Gasteiger partial charge in [-0.3, -0.25) is 14.9 Å². The predicted octanol–water partition coefficient (Wildman–Crippen LogP) is 1.42. The van der Waals surface area contributed by atoms with Crippen LogP contribution in [0.15, 0.2) is 30.6 Å². The van der Waals surface area contributed by atoms with E-state index < -0.39 is 23.4 Å². The topological polar surface area (TPSA) is 150 Å². The highest BCUT2D eigenvalue weighted by atomic mass is 35.5. The van der Waals surface area contributed by atoms with Crippen molar-refractivity contribution >= 4 is 40.7 Å². The molecule has 1 heterocycles. The summed E-state index contributed by atoms with van der Waals surface area (Å²) in [6.07, 6.45) is 2.53. The van der Waals surface area contributed by atoms with E-state index in [1.54, 1.807) is 0 Å². The zero-order valence-electron chi connectivity index (χ0n) is 11.9. The highest BCUT2D eigenvalue weighted by molar-refractivity contribution is 6.31. The Morgan fingerprint density at radius 2 is 2.04 bits per heavy atom. The number of carbonyl (C=O) groups excluding carboxylic acids is 2. The van der Waals surface area contributed by atoms with Crippen LogP contribution in [0.4, 0.5) is 17.2 Å². The molecule has 124 valence electrons. The lowest BCUT2D eigenvalue weighted by molar-refractivity contribution is -0.383. The first-order chi connectivity index (χ1) is 11.4. The predicted molar refractivity (Wildman–Crippen MR) is 83.5 cm³/mol. The van der Waals surface area contributed by atoms with Gasteiger partial charge in [-0.2, -0.15) is 0 Å². The number of nitro benzene ring substituents is 1. The van der Waals surface area contributed by atoms with Crippen LogP contribution >= 0.6 is 11.6 Å². The molecule has 0 bridgehead atoms. The minimum Gasteiger partial charge on any atom is -0.451 e. The number of halogens is 1. The molecule has 0 aliphatic rings. The molecule has 1 aromatic heterocycles. The van der Waals surface area contributed by atoms with Crippen molar-refractivity contribution in [1.82, 2.24) is 9.97 Å². The second-order valence-electron chi connectivity index (χ2n) is 4.33. The van der Waals surface area contributed by atoms with E-state index in [2.05, 4.69) is 15.3 Å². The number of nitrogens with zero attached hydrogens (tertiary/aromatic N) is 3. The van der Waals surface area contributed by atoms with Gasteiger partial charge in [0.15, 0.2) is 18.1 Å². The highest BCUT2D eigenvalue weighted by Gasteiger charge is 2.19. The molecular weight excluding hydrogens is 342 g/mol. The third-order valence-electron chi connectivity index (χ3n) is 2.68. The van der Waals surface area contributed by atoms with Crippen LogP contribution in [0.1, 0.15) is 10.5 Å². The number of carbonyl (C=O) groups is 2. The zero-order valence-corrected chi connectivity index (χ0v) is 12.7. The van der Waals surface area contributed by atoms with Crippen molar-refractivity contribution in [2.75, 3.05) is 17.7 Å². The first kappa shape index (κ1) is 17.1. The summed E-state index contributed by atoms with van der Waals surface area (Å²) in [7, 11) is 0. The molecule has 1 aromatic carbocycles. The van der Waals surface area contributed by atoms with Crippen molar-refractivity contribution in [3.05, 3.63) is 51.4 Å². The Labute approximate surface area is 139 Å². The van der Waals surface area contributed by atoms with E-state index in [1.165, 1.54) is 24.5 Å². The maximum atomic E-state index is 11.8. The lowest BCUT2D eigenvalue weighted by Gasteiger charge is -2.07. The van der Waals surface area contributed by atoms with Gasteiger partial charge in [0.05, 0.1) is 4.92 Å². The van der Waals surface area contributed by atoms with Crippen LogP contribution < -0.4 is 11.1 Å². The van der Waals surface area contributed by atoms with Crippen LogP contribution in [-0.4, -0.2) is 33.4 Å². The number of nitrogen functional groups attached to an aromatic ring is 1. The number of nitrogens with one attached hydrogen (secondary N) is 1. The molecule has 10 nitrogen and oxygen atoms in total. The normalized spacial score (nSPS) is 10.0. The molecule has 11 heteroatoms. The molecule has 2 rings (SSSR count). The third-order valence-corrected chi connectivity index (χ3v) is 2.92. The molecule has 0 fully saturated rings. The molecule has 2 aromatic rings. The Morgan fingerprint density at radius 1 is 1.33 bits per heavy atom. The van der Waals surface area contributed by atoms with E-state index in [0.29, 0.717) is 0 Å². The molecule has 0 saturated carbocycles. The van der Waals surface area contributed by atoms with Crippen molar-refractivity contribution in [2.45, 2.75) is 0 Å². The summed E-state index contributed by atoms with van der Waals surface area (Å²) in [4.78, 5) is 41.1. The summed E-state index contributed by atoms with van der Waals surface area (Å²) in [6.45, 7) is -0.686. The molecule has 0 radical (unpaired) electrons. The number of hydrogen-bond acceptors (Lipinski definition) is 8. The quantitative estimate of drug-likeness (QED) is 0.466. The summed E-state index contributed by atoms with van der Waals surface area (Å²) >= 11 is 5.67. The molecular formula is C13H10ClN5O5. The number of hydrogen-bond donors (Lipinski definition) is 2. The second-order valence-corrected chi connectivity index (χ2v) is 4.77. The summed E-state index contributed by atoms with van der Waals surface area (Å²) in [5.41, 5.74) is 4.75. The molecule has 0 atom stereocenters. The van der Waals surface area contributed by atoms with Crippen molar-refractivity contribution in [2.24, 2.45) is 0 Å². The van der Waals surface area contributed by atoms with Crippen LogP contribution in [0.5, 0.6) is 0 Å². The smallest absolute Gasteiger partial charge is 0.361 e. The van der Waals surface area contributed by atoms with Crippen LogP contribution in [0.25, 0.3) is 0 Å². The maximum absolute atomic E-state index is 11.8. The molecule has 0 spiro atoms. The van der Waals surface area contributed by atoms with E-state index in [-0.39, 0.29) is 27.9 Å². The number of benzene rings is 1. The van der Waals surface area contributed by atoms with Gasteiger partial charge in [0, 0.05) is 23.5 Å². The van der Waals surface area contributed by atoms with Crippen molar-refractivity contribution < 1.29 is 19.2 Å². The van der Waals surface area contributed by atoms with Crippen molar-refractivity contribution in [3.63, 3.8) is 0 Å². The monoisotopic (exact) mass is 351 g/mol. The summed E-state index contributed by atoms with van der Waals surface area (Å²) < 4.78 is 4.74. The number of ether oxygens (including phenoxy) is 1. The molecule has 0 aliphatic heterocycles. The van der Waals surface area contributed by atoms with Crippen molar-refractivity contribution in [3.8, 4) is 0 Å². The fourth-order valence-corrected chi connectivity index (χ4v) is 1.82. The van der Waals surface area contributed by atoms with E-state index in [0.717, 1.165) is 6.07 Å². The van der Waals surface area contributed by atoms with Crippen LogP contribution in [-0.2, 0) is 9.53 Å². The number of amides is 1.